The summed E-state index contributed by atoms with van der Waals surface area (Å²) in [6.07, 6.45) is 0.262. The van der Waals surface area contributed by atoms with E-state index >= 15 is 0 Å². The molecule has 0 aliphatic carbocycles. The standard InChI is InChI=1S/C21H26N2O3/c1-15-5-7-17(8-6-15)13-20(24)23(16(2)21(25)22-3)14-18-9-11-19(26-4)12-10-18/h5-12,16H,13-14H2,1-4H3,(H,22,25)/t16-/m0/s1. The molecule has 5 nitrogen and oxygen atoms in total. The molecule has 138 valence electrons. The highest BCUT2D eigenvalue weighted by Gasteiger charge is 2.25. The Kier molecular flexibility index (Phi) is 6.78. The Morgan fingerprint density at radius 3 is 2.15 bits per heavy atom. The Morgan fingerprint density at radius 1 is 1.04 bits per heavy atom. The smallest absolute Gasteiger partial charge is 0.242 e. The SMILES string of the molecule is CNC(=O)[C@H](C)N(Cc1ccc(OC)cc1)C(=O)Cc1ccc(C)cc1. The van der Waals surface area contributed by atoms with Gasteiger partial charge in [0.15, 0.2) is 0 Å². The van der Waals surface area contributed by atoms with E-state index in [4.69, 9.17) is 4.74 Å². The maximum absolute atomic E-state index is 12.9. The minimum absolute atomic E-state index is 0.0826. The minimum atomic E-state index is -0.556. The first-order valence-corrected chi connectivity index (χ1v) is 8.64. The summed E-state index contributed by atoms with van der Waals surface area (Å²) >= 11 is 0. The van der Waals surface area contributed by atoms with Gasteiger partial charge in [0.05, 0.1) is 13.5 Å². The van der Waals surface area contributed by atoms with Crippen LogP contribution >= 0.6 is 0 Å². The summed E-state index contributed by atoms with van der Waals surface area (Å²) in [5.74, 6) is 0.488. The van der Waals surface area contributed by atoms with Gasteiger partial charge in [-0.05, 0) is 37.1 Å². The Balaban J connectivity index is 2.19. The molecule has 0 saturated heterocycles. The normalized spacial score (nSPS) is 11.5. The molecule has 0 spiro atoms. The van der Waals surface area contributed by atoms with Gasteiger partial charge in [-0.25, -0.2) is 0 Å². The molecule has 0 aliphatic heterocycles. The minimum Gasteiger partial charge on any atom is -0.497 e. The van der Waals surface area contributed by atoms with Crippen molar-refractivity contribution >= 4 is 11.8 Å². The molecule has 1 atom stereocenters. The van der Waals surface area contributed by atoms with E-state index in [-0.39, 0.29) is 18.2 Å². The third-order valence-corrected chi connectivity index (χ3v) is 4.40. The highest BCUT2D eigenvalue weighted by Crippen LogP contribution is 2.16. The number of carbonyl (C=O) groups excluding carboxylic acids is 2. The van der Waals surface area contributed by atoms with Crippen LogP contribution in [0.4, 0.5) is 0 Å². The largest absolute Gasteiger partial charge is 0.497 e. The number of benzene rings is 2. The van der Waals surface area contributed by atoms with Crippen LogP contribution in [-0.2, 0) is 22.6 Å². The van der Waals surface area contributed by atoms with Crippen LogP contribution in [0.2, 0.25) is 0 Å². The lowest BCUT2D eigenvalue weighted by molar-refractivity contribution is -0.139. The number of rotatable bonds is 7. The third-order valence-electron chi connectivity index (χ3n) is 4.40. The molecular weight excluding hydrogens is 328 g/mol. The first kappa shape index (κ1) is 19.5. The van der Waals surface area contributed by atoms with Crippen LogP contribution in [0.15, 0.2) is 48.5 Å². The number of nitrogens with zero attached hydrogens (tertiary/aromatic N) is 1. The molecule has 0 fully saturated rings. The number of likely N-dealkylation sites (N-methyl/N-ethyl adjacent to an activating group) is 1. The zero-order valence-electron chi connectivity index (χ0n) is 15.8. The lowest BCUT2D eigenvalue weighted by atomic mass is 10.1. The first-order chi connectivity index (χ1) is 12.4. The molecule has 2 rings (SSSR count). The summed E-state index contributed by atoms with van der Waals surface area (Å²) in [5, 5.41) is 2.62. The third kappa shape index (κ3) is 5.09. The van der Waals surface area contributed by atoms with E-state index < -0.39 is 6.04 Å². The molecule has 2 aromatic rings. The fourth-order valence-electron chi connectivity index (χ4n) is 2.70. The predicted octanol–water partition coefficient (Wildman–Crippen LogP) is 2.71. The van der Waals surface area contributed by atoms with Crippen molar-refractivity contribution in [3.63, 3.8) is 0 Å². The summed E-state index contributed by atoms with van der Waals surface area (Å²) in [7, 11) is 3.19. The Hall–Kier alpha value is -2.82. The monoisotopic (exact) mass is 354 g/mol. The van der Waals surface area contributed by atoms with Crippen LogP contribution in [0.1, 0.15) is 23.6 Å². The number of methoxy groups -OCH3 is 1. The maximum atomic E-state index is 12.9. The van der Waals surface area contributed by atoms with Gasteiger partial charge in [-0.2, -0.15) is 0 Å². The predicted molar refractivity (Wildman–Crippen MR) is 102 cm³/mol. The molecule has 0 saturated carbocycles. The molecule has 0 radical (unpaired) electrons. The van der Waals surface area contributed by atoms with Crippen molar-refractivity contribution in [2.45, 2.75) is 32.9 Å². The molecule has 0 aliphatic rings. The summed E-state index contributed by atoms with van der Waals surface area (Å²) in [5.41, 5.74) is 3.03. The molecule has 5 heteroatoms. The van der Waals surface area contributed by atoms with Gasteiger partial charge in [0.2, 0.25) is 11.8 Å². The molecule has 26 heavy (non-hydrogen) atoms. The number of ether oxygens (including phenoxy) is 1. The van der Waals surface area contributed by atoms with E-state index in [1.54, 1.807) is 26.0 Å². The molecule has 0 heterocycles. The van der Waals surface area contributed by atoms with Gasteiger partial charge in [-0.15, -0.1) is 0 Å². The zero-order valence-corrected chi connectivity index (χ0v) is 15.8. The molecule has 0 aromatic heterocycles. The lowest BCUT2D eigenvalue weighted by Gasteiger charge is -2.28. The van der Waals surface area contributed by atoms with Crippen LogP contribution in [0, 0.1) is 6.92 Å². The summed E-state index contributed by atoms with van der Waals surface area (Å²) in [6, 6.07) is 14.8. The van der Waals surface area contributed by atoms with Crippen molar-refractivity contribution in [1.29, 1.82) is 0 Å². The first-order valence-electron chi connectivity index (χ1n) is 8.64. The highest BCUT2D eigenvalue weighted by molar-refractivity contribution is 5.88. The van der Waals surface area contributed by atoms with E-state index in [1.165, 1.54) is 0 Å². The van der Waals surface area contributed by atoms with Crippen molar-refractivity contribution < 1.29 is 14.3 Å². The fraction of sp³-hybridized carbons (Fsp3) is 0.333. The van der Waals surface area contributed by atoms with E-state index in [2.05, 4.69) is 5.32 Å². The lowest BCUT2D eigenvalue weighted by Crippen LogP contribution is -2.47. The number of hydrogen-bond acceptors (Lipinski definition) is 3. The fourth-order valence-corrected chi connectivity index (χ4v) is 2.70. The van der Waals surface area contributed by atoms with Crippen LogP contribution in [0.5, 0.6) is 5.75 Å². The summed E-state index contributed by atoms with van der Waals surface area (Å²) in [6.45, 7) is 4.12. The summed E-state index contributed by atoms with van der Waals surface area (Å²) < 4.78 is 5.17. The van der Waals surface area contributed by atoms with Crippen molar-refractivity contribution in [3.05, 3.63) is 65.2 Å². The van der Waals surface area contributed by atoms with Gasteiger partial charge < -0.3 is 15.0 Å². The van der Waals surface area contributed by atoms with E-state index in [9.17, 15) is 9.59 Å². The van der Waals surface area contributed by atoms with Crippen LogP contribution < -0.4 is 10.1 Å². The molecular formula is C21H26N2O3. The van der Waals surface area contributed by atoms with Gasteiger partial charge in [-0.1, -0.05) is 42.0 Å². The van der Waals surface area contributed by atoms with Gasteiger partial charge in [0.25, 0.3) is 0 Å². The molecule has 0 bridgehead atoms. The van der Waals surface area contributed by atoms with Gasteiger partial charge >= 0.3 is 0 Å². The number of nitrogens with one attached hydrogen (secondary N) is 1. The number of aryl methyl sites for hydroxylation is 1. The van der Waals surface area contributed by atoms with Gasteiger partial charge in [0, 0.05) is 13.6 Å². The van der Waals surface area contributed by atoms with Crippen molar-refractivity contribution in [3.8, 4) is 5.75 Å². The number of amides is 2. The molecule has 1 N–H and O–H groups in total. The Bertz CT molecular complexity index is 739. The number of carbonyl (C=O) groups is 2. The van der Waals surface area contributed by atoms with Crippen molar-refractivity contribution in [2.75, 3.05) is 14.2 Å². The topological polar surface area (TPSA) is 58.6 Å². The highest BCUT2D eigenvalue weighted by atomic mass is 16.5. The van der Waals surface area contributed by atoms with Crippen molar-refractivity contribution in [1.82, 2.24) is 10.2 Å². The second kappa shape index (κ2) is 9.04. The van der Waals surface area contributed by atoms with Crippen LogP contribution in [-0.4, -0.2) is 36.9 Å². The van der Waals surface area contributed by atoms with Crippen LogP contribution in [0.3, 0.4) is 0 Å². The van der Waals surface area contributed by atoms with E-state index in [1.807, 2.05) is 55.5 Å². The van der Waals surface area contributed by atoms with E-state index in [0.29, 0.717) is 6.54 Å². The molecule has 2 aromatic carbocycles. The summed E-state index contributed by atoms with van der Waals surface area (Å²) in [4.78, 5) is 26.6. The van der Waals surface area contributed by atoms with Gasteiger partial charge in [-0.3, -0.25) is 9.59 Å². The number of hydrogen-bond donors (Lipinski definition) is 1. The quantitative estimate of drug-likeness (QED) is 0.832. The maximum Gasteiger partial charge on any atom is 0.242 e. The van der Waals surface area contributed by atoms with Crippen molar-refractivity contribution in [2.24, 2.45) is 0 Å². The van der Waals surface area contributed by atoms with Crippen LogP contribution in [0.25, 0.3) is 0 Å². The Labute approximate surface area is 155 Å². The molecule has 2 amide bonds. The Morgan fingerprint density at radius 2 is 1.62 bits per heavy atom. The zero-order chi connectivity index (χ0) is 19.1. The second-order valence-electron chi connectivity index (χ2n) is 6.32. The van der Waals surface area contributed by atoms with E-state index in [0.717, 1.165) is 22.4 Å². The second-order valence-corrected chi connectivity index (χ2v) is 6.32. The van der Waals surface area contributed by atoms with Gasteiger partial charge in [0.1, 0.15) is 11.8 Å². The average molecular weight is 354 g/mol. The average Bonchev–Trinajstić information content (AvgIpc) is 2.67. The molecule has 0 unspecified atom stereocenters.